The Kier molecular flexibility index (Phi) is 17.1. The van der Waals surface area contributed by atoms with E-state index in [2.05, 4.69) is 6.92 Å². The molecule has 0 saturated carbocycles. The molecule has 0 aromatic rings. The molecule has 5 heteroatoms. The molecular formula is C12H27KO3S. The van der Waals surface area contributed by atoms with Crippen LogP contribution < -0.4 is 51.4 Å². The second-order valence-corrected chi connectivity index (χ2v) is 6.04. The quantitative estimate of drug-likeness (QED) is 0.350. The van der Waals surface area contributed by atoms with Gasteiger partial charge in [0.05, 0.1) is 5.75 Å². The maximum atomic E-state index is 10.4. The third kappa shape index (κ3) is 20.0. The summed E-state index contributed by atoms with van der Waals surface area (Å²) in [6.07, 6.45) is 11.7. The van der Waals surface area contributed by atoms with Gasteiger partial charge in [0.25, 0.3) is 10.1 Å². The fourth-order valence-corrected chi connectivity index (χ4v) is 2.34. The molecule has 1 N–H and O–H groups in total. The number of hydrogen-bond donors (Lipinski definition) is 1. The molecule has 0 fully saturated rings. The van der Waals surface area contributed by atoms with E-state index in [1.54, 1.807) is 0 Å². The Morgan fingerprint density at radius 2 is 1.18 bits per heavy atom. The van der Waals surface area contributed by atoms with Gasteiger partial charge >= 0.3 is 51.4 Å². The first-order chi connectivity index (χ1) is 7.56. The SMILES string of the molecule is CCCCCCCCCCCCS(=O)(=O)O.[H-].[K+]. The third-order valence-corrected chi connectivity index (χ3v) is 3.56. The van der Waals surface area contributed by atoms with Crippen LogP contribution in [0.4, 0.5) is 0 Å². The molecule has 0 bridgehead atoms. The molecule has 0 spiro atoms. The molecule has 0 atom stereocenters. The van der Waals surface area contributed by atoms with Crippen LogP contribution in [0.15, 0.2) is 0 Å². The van der Waals surface area contributed by atoms with Crippen molar-refractivity contribution in [3.63, 3.8) is 0 Å². The maximum Gasteiger partial charge on any atom is 1.00 e. The number of rotatable bonds is 11. The molecule has 0 saturated heterocycles. The fraction of sp³-hybridized carbons (Fsp3) is 1.00. The van der Waals surface area contributed by atoms with Crippen LogP contribution in [0.3, 0.4) is 0 Å². The van der Waals surface area contributed by atoms with Gasteiger partial charge in [0, 0.05) is 0 Å². The van der Waals surface area contributed by atoms with Crippen molar-refractivity contribution in [3.05, 3.63) is 0 Å². The van der Waals surface area contributed by atoms with Crippen molar-refractivity contribution in [1.82, 2.24) is 0 Å². The van der Waals surface area contributed by atoms with Gasteiger partial charge in [-0.15, -0.1) is 0 Å². The first-order valence-electron chi connectivity index (χ1n) is 6.51. The molecule has 0 aromatic heterocycles. The van der Waals surface area contributed by atoms with Crippen molar-refractivity contribution < 1.29 is 65.8 Å². The van der Waals surface area contributed by atoms with Crippen molar-refractivity contribution >= 4 is 10.1 Å². The molecule has 0 aromatic carbocycles. The van der Waals surface area contributed by atoms with Gasteiger partial charge in [-0.2, -0.15) is 8.42 Å². The largest absolute Gasteiger partial charge is 1.00 e. The van der Waals surface area contributed by atoms with Crippen molar-refractivity contribution in [2.24, 2.45) is 0 Å². The van der Waals surface area contributed by atoms with Gasteiger partial charge in [-0.05, 0) is 6.42 Å². The predicted molar refractivity (Wildman–Crippen MR) is 69.4 cm³/mol. The molecular weight excluding hydrogens is 263 g/mol. The summed E-state index contributed by atoms with van der Waals surface area (Å²) >= 11 is 0. The molecule has 0 amide bonds. The molecule has 0 unspecified atom stereocenters. The molecule has 0 rings (SSSR count). The van der Waals surface area contributed by atoms with Crippen molar-refractivity contribution in [1.29, 1.82) is 0 Å². The van der Waals surface area contributed by atoms with E-state index >= 15 is 0 Å². The minimum atomic E-state index is -3.73. The Morgan fingerprint density at radius 1 is 0.824 bits per heavy atom. The van der Waals surface area contributed by atoms with Crippen LogP contribution >= 0.6 is 0 Å². The van der Waals surface area contributed by atoms with E-state index < -0.39 is 10.1 Å². The zero-order valence-electron chi connectivity index (χ0n) is 12.5. The van der Waals surface area contributed by atoms with Crippen LogP contribution in [0.25, 0.3) is 0 Å². The summed E-state index contributed by atoms with van der Waals surface area (Å²) < 4.78 is 29.4. The molecule has 0 aliphatic rings. The fourth-order valence-electron chi connectivity index (χ4n) is 1.77. The molecule has 0 heterocycles. The zero-order valence-corrected chi connectivity index (χ0v) is 15.4. The average molecular weight is 291 g/mol. The Bertz CT molecular complexity index is 246. The van der Waals surface area contributed by atoms with E-state index in [-0.39, 0.29) is 58.6 Å². The van der Waals surface area contributed by atoms with Crippen LogP contribution in [-0.4, -0.2) is 18.7 Å². The van der Waals surface area contributed by atoms with E-state index in [1.165, 1.54) is 44.9 Å². The normalized spacial score (nSPS) is 11.2. The van der Waals surface area contributed by atoms with Crippen LogP contribution in [0.5, 0.6) is 0 Å². The van der Waals surface area contributed by atoms with E-state index in [1.807, 2.05) is 0 Å². The van der Waals surface area contributed by atoms with Gasteiger partial charge in [0.1, 0.15) is 0 Å². The van der Waals surface area contributed by atoms with Gasteiger partial charge in [-0.3, -0.25) is 4.55 Å². The molecule has 0 aliphatic heterocycles. The Morgan fingerprint density at radius 3 is 1.53 bits per heavy atom. The Labute approximate surface area is 151 Å². The van der Waals surface area contributed by atoms with Gasteiger partial charge in [0.2, 0.25) is 0 Å². The topological polar surface area (TPSA) is 54.4 Å². The van der Waals surface area contributed by atoms with Crippen LogP contribution in [0, 0.1) is 0 Å². The Balaban J connectivity index is -0.00000112. The zero-order chi connectivity index (χ0) is 12.3. The van der Waals surface area contributed by atoms with E-state index in [0.717, 1.165) is 12.8 Å². The third-order valence-electron chi connectivity index (χ3n) is 2.76. The molecule has 3 nitrogen and oxygen atoms in total. The second-order valence-electron chi connectivity index (χ2n) is 4.47. The van der Waals surface area contributed by atoms with Crippen LogP contribution in [-0.2, 0) is 10.1 Å². The summed E-state index contributed by atoms with van der Waals surface area (Å²) in [5, 5.41) is 0. The van der Waals surface area contributed by atoms with Crippen molar-refractivity contribution in [2.75, 3.05) is 5.75 Å². The van der Waals surface area contributed by atoms with E-state index in [9.17, 15) is 8.42 Å². The van der Waals surface area contributed by atoms with E-state index in [4.69, 9.17) is 4.55 Å². The van der Waals surface area contributed by atoms with Crippen LogP contribution in [0.1, 0.15) is 72.6 Å². The van der Waals surface area contributed by atoms with Gasteiger partial charge in [-0.25, -0.2) is 0 Å². The molecule has 100 valence electrons. The first kappa shape index (κ1) is 20.9. The summed E-state index contributed by atoms with van der Waals surface area (Å²) in [5.41, 5.74) is 0. The van der Waals surface area contributed by atoms with Crippen molar-refractivity contribution in [3.8, 4) is 0 Å². The van der Waals surface area contributed by atoms with Gasteiger partial charge in [-0.1, -0.05) is 64.7 Å². The van der Waals surface area contributed by atoms with Crippen LogP contribution in [0.2, 0.25) is 0 Å². The standard InChI is InChI=1S/C12H26O3S.K.H/c1-2-3-4-5-6-7-8-9-10-11-12-16(13,14)15;;/h2-12H2,1H3,(H,13,14,15);;/q;+1;-1. The predicted octanol–water partition coefficient (Wildman–Crippen LogP) is 0.912. The molecule has 0 radical (unpaired) electrons. The minimum Gasteiger partial charge on any atom is -1.00 e. The Hall–Kier alpha value is 1.55. The maximum absolute atomic E-state index is 10.4. The van der Waals surface area contributed by atoms with Gasteiger partial charge in [0.15, 0.2) is 0 Å². The summed E-state index contributed by atoms with van der Waals surface area (Å²) in [4.78, 5) is 0. The second kappa shape index (κ2) is 14.0. The number of hydrogen-bond acceptors (Lipinski definition) is 2. The monoisotopic (exact) mass is 290 g/mol. The average Bonchev–Trinajstić information content (AvgIpc) is 2.19. The smallest absolute Gasteiger partial charge is 1.00 e. The van der Waals surface area contributed by atoms with E-state index in [0.29, 0.717) is 6.42 Å². The van der Waals surface area contributed by atoms with Crippen molar-refractivity contribution in [2.45, 2.75) is 71.1 Å². The first-order valence-corrected chi connectivity index (χ1v) is 8.12. The summed E-state index contributed by atoms with van der Waals surface area (Å²) in [6, 6.07) is 0. The van der Waals surface area contributed by atoms with Gasteiger partial charge < -0.3 is 1.43 Å². The minimum absolute atomic E-state index is 0. The number of unbranched alkanes of at least 4 members (excludes halogenated alkanes) is 9. The molecule has 17 heavy (non-hydrogen) atoms. The molecule has 0 aliphatic carbocycles. The summed E-state index contributed by atoms with van der Waals surface area (Å²) in [7, 11) is -3.73. The summed E-state index contributed by atoms with van der Waals surface area (Å²) in [6.45, 7) is 2.22. The summed E-state index contributed by atoms with van der Waals surface area (Å²) in [5.74, 6) is -0.0799.